The van der Waals surface area contributed by atoms with Crippen molar-refractivity contribution in [1.82, 2.24) is 4.90 Å². The lowest BCUT2D eigenvalue weighted by Gasteiger charge is -2.37. The molecular formula is C14H26N2O2S. The number of amides is 1. The number of hydrogen-bond acceptors (Lipinski definition) is 4. The fraction of sp³-hybridized carbons (Fsp3) is 0.929. The highest BCUT2D eigenvalue weighted by atomic mass is 32.2. The minimum absolute atomic E-state index is 0.114. The van der Waals surface area contributed by atoms with Gasteiger partial charge < -0.3 is 15.4 Å². The molecule has 19 heavy (non-hydrogen) atoms. The summed E-state index contributed by atoms with van der Waals surface area (Å²) in [5.74, 6) is 1.27. The number of thioether (sulfide) groups is 1. The van der Waals surface area contributed by atoms with Crippen molar-refractivity contribution in [2.24, 2.45) is 5.73 Å². The lowest BCUT2D eigenvalue weighted by atomic mass is 9.89. The van der Waals surface area contributed by atoms with Crippen LogP contribution in [0.5, 0.6) is 0 Å². The highest BCUT2D eigenvalue weighted by molar-refractivity contribution is 7.99. The van der Waals surface area contributed by atoms with Crippen molar-refractivity contribution in [1.29, 1.82) is 0 Å². The van der Waals surface area contributed by atoms with Gasteiger partial charge in [0, 0.05) is 31.6 Å². The number of nitrogens with zero attached hydrogens (tertiary/aromatic N) is 1. The summed E-state index contributed by atoms with van der Waals surface area (Å²) in [6.45, 7) is 3.41. The molecule has 1 saturated carbocycles. The Morgan fingerprint density at radius 2 is 2.11 bits per heavy atom. The summed E-state index contributed by atoms with van der Waals surface area (Å²) in [5.41, 5.74) is 5.60. The van der Waals surface area contributed by atoms with Gasteiger partial charge in [-0.05, 0) is 37.9 Å². The van der Waals surface area contributed by atoms with E-state index in [2.05, 4.69) is 6.92 Å². The zero-order valence-electron chi connectivity index (χ0n) is 12.1. The molecule has 5 heteroatoms. The predicted octanol–water partition coefficient (Wildman–Crippen LogP) is 1.63. The highest BCUT2D eigenvalue weighted by Crippen LogP contribution is 2.33. The highest BCUT2D eigenvalue weighted by Gasteiger charge is 2.41. The molecule has 110 valence electrons. The summed E-state index contributed by atoms with van der Waals surface area (Å²) in [7, 11) is 1.93. The van der Waals surface area contributed by atoms with Crippen LogP contribution in [0.3, 0.4) is 0 Å². The van der Waals surface area contributed by atoms with Crippen molar-refractivity contribution < 1.29 is 9.53 Å². The Morgan fingerprint density at radius 3 is 2.74 bits per heavy atom. The zero-order valence-corrected chi connectivity index (χ0v) is 12.9. The Labute approximate surface area is 120 Å². The van der Waals surface area contributed by atoms with Gasteiger partial charge in [0.2, 0.25) is 5.91 Å². The molecule has 2 N–H and O–H groups in total. The fourth-order valence-corrected chi connectivity index (χ4v) is 4.26. The number of hydrogen-bond donors (Lipinski definition) is 1. The van der Waals surface area contributed by atoms with E-state index in [4.69, 9.17) is 10.5 Å². The second-order valence-electron chi connectivity index (χ2n) is 5.73. The van der Waals surface area contributed by atoms with Crippen LogP contribution in [-0.2, 0) is 9.53 Å². The molecule has 1 aliphatic carbocycles. The summed E-state index contributed by atoms with van der Waals surface area (Å²) >= 11 is 2.02. The molecule has 1 saturated heterocycles. The molecule has 4 nitrogen and oxygen atoms in total. The third-order valence-corrected chi connectivity index (χ3v) is 5.67. The van der Waals surface area contributed by atoms with Crippen LogP contribution < -0.4 is 5.73 Å². The van der Waals surface area contributed by atoms with E-state index in [1.54, 1.807) is 0 Å². The van der Waals surface area contributed by atoms with E-state index >= 15 is 0 Å². The Hall–Kier alpha value is -0.260. The first-order chi connectivity index (χ1) is 9.07. The van der Waals surface area contributed by atoms with Crippen LogP contribution >= 0.6 is 11.8 Å². The molecule has 1 aliphatic heterocycles. The summed E-state index contributed by atoms with van der Waals surface area (Å²) in [4.78, 5) is 14.5. The summed E-state index contributed by atoms with van der Waals surface area (Å²) in [6.07, 6.45) is 4.76. The molecule has 2 aliphatic rings. The Morgan fingerprint density at radius 1 is 1.42 bits per heavy atom. The van der Waals surface area contributed by atoms with Gasteiger partial charge in [-0.2, -0.15) is 11.8 Å². The van der Waals surface area contributed by atoms with Crippen molar-refractivity contribution in [3.63, 3.8) is 0 Å². The predicted molar refractivity (Wildman–Crippen MR) is 79.3 cm³/mol. The van der Waals surface area contributed by atoms with E-state index in [1.165, 1.54) is 6.42 Å². The smallest absolute Gasteiger partial charge is 0.242 e. The molecule has 2 unspecified atom stereocenters. The van der Waals surface area contributed by atoms with E-state index < -0.39 is 5.54 Å². The molecular weight excluding hydrogens is 260 g/mol. The van der Waals surface area contributed by atoms with Gasteiger partial charge in [-0.25, -0.2) is 0 Å². The van der Waals surface area contributed by atoms with Gasteiger partial charge in [0.05, 0.1) is 5.54 Å². The normalized spacial score (nSPS) is 30.3. The minimum Gasteiger partial charge on any atom is -0.381 e. The second kappa shape index (κ2) is 6.46. The van der Waals surface area contributed by atoms with Crippen LogP contribution in [0.1, 0.15) is 39.0 Å². The quantitative estimate of drug-likeness (QED) is 0.853. The first kappa shape index (κ1) is 15.1. The monoisotopic (exact) mass is 286 g/mol. The molecule has 2 atom stereocenters. The van der Waals surface area contributed by atoms with E-state index in [9.17, 15) is 4.79 Å². The molecule has 2 rings (SSSR count). The van der Waals surface area contributed by atoms with Gasteiger partial charge in [0.25, 0.3) is 0 Å². The van der Waals surface area contributed by atoms with Crippen LogP contribution in [0.2, 0.25) is 0 Å². The van der Waals surface area contributed by atoms with Crippen LogP contribution in [0.4, 0.5) is 0 Å². The number of likely N-dealkylation sites (N-methyl/N-ethyl adjacent to an activating group) is 1. The van der Waals surface area contributed by atoms with E-state index in [0.29, 0.717) is 37.3 Å². The van der Waals surface area contributed by atoms with Gasteiger partial charge in [-0.1, -0.05) is 6.92 Å². The number of carbonyl (C=O) groups excluding carboxylic acids is 1. The first-order valence-corrected chi connectivity index (χ1v) is 8.37. The Kier molecular flexibility index (Phi) is 5.15. The van der Waals surface area contributed by atoms with E-state index in [0.717, 1.165) is 18.6 Å². The maximum absolute atomic E-state index is 12.6. The largest absolute Gasteiger partial charge is 0.381 e. The lowest BCUT2D eigenvalue weighted by Crippen LogP contribution is -2.58. The Balaban J connectivity index is 1.92. The first-order valence-electron chi connectivity index (χ1n) is 7.32. The number of ether oxygens (including phenoxy) is 1. The average Bonchev–Trinajstić information content (AvgIpc) is 2.87. The van der Waals surface area contributed by atoms with Crippen molar-refractivity contribution in [2.45, 2.75) is 55.9 Å². The molecule has 1 heterocycles. The molecule has 1 amide bonds. The molecule has 0 aromatic heterocycles. The van der Waals surface area contributed by atoms with Crippen molar-refractivity contribution in [3.05, 3.63) is 0 Å². The van der Waals surface area contributed by atoms with Gasteiger partial charge >= 0.3 is 0 Å². The summed E-state index contributed by atoms with van der Waals surface area (Å²) < 4.78 is 5.32. The number of carbonyl (C=O) groups is 1. The third kappa shape index (κ3) is 3.44. The molecule has 0 aromatic rings. The minimum atomic E-state index is -0.691. The van der Waals surface area contributed by atoms with Gasteiger partial charge in [-0.15, -0.1) is 0 Å². The van der Waals surface area contributed by atoms with Gasteiger partial charge in [-0.3, -0.25) is 4.79 Å². The van der Waals surface area contributed by atoms with Crippen LogP contribution in [-0.4, -0.2) is 53.7 Å². The van der Waals surface area contributed by atoms with E-state index in [-0.39, 0.29) is 5.91 Å². The molecule has 0 radical (unpaired) electrons. The van der Waals surface area contributed by atoms with Crippen molar-refractivity contribution >= 4 is 17.7 Å². The standard InChI is InChI=1S/C14H26N2O2S/c1-3-19-12-5-4-11(10-12)16(2)13(17)14(15)6-8-18-9-7-14/h11-12H,3-10,15H2,1-2H3. The van der Waals surface area contributed by atoms with Crippen molar-refractivity contribution in [3.8, 4) is 0 Å². The molecule has 0 aromatic carbocycles. The molecule has 0 bridgehead atoms. The lowest BCUT2D eigenvalue weighted by molar-refractivity contribution is -0.141. The summed E-state index contributed by atoms with van der Waals surface area (Å²) in [6, 6.07) is 0.375. The third-order valence-electron chi connectivity index (χ3n) is 4.44. The number of rotatable bonds is 4. The average molecular weight is 286 g/mol. The fourth-order valence-electron chi connectivity index (χ4n) is 3.12. The van der Waals surface area contributed by atoms with Crippen molar-refractivity contribution in [2.75, 3.05) is 26.0 Å². The van der Waals surface area contributed by atoms with Gasteiger partial charge in [0.15, 0.2) is 0 Å². The maximum Gasteiger partial charge on any atom is 0.242 e. The zero-order chi connectivity index (χ0) is 13.9. The summed E-state index contributed by atoms with van der Waals surface area (Å²) in [5, 5.41) is 0.716. The van der Waals surface area contributed by atoms with Crippen LogP contribution in [0.15, 0.2) is 0 Å². The second-order valence-corrected chi connectivity index (χ2v) is 7.31. The topological polar surface area (TPSA) is 55.6 Å². The molecule has 2 fully saturated rings. The van der Waals surface area contributed by atoms with Crippen LogP contribution in [0, 0.1) is 0 Å². The van der Waals surface area contributed by atoms with E-state index in [1.807, 2.05) is 23.7 Å². The van der Waals surface area contributed by atoms with Crippen LogP contribution in [0.25, 0.3) is 0 Å². The van der Waals surface area contributed by atoms with Gasteiger partial charge in [0.1, 0.15) is 0 Å². The molecule has 0 spiro atoms. The number of nitrogens with two attached hydrogens (primary N) is 1. The Bertz CT molecular complexity index is 319. The SMILES string of the molecule is CCSC1CCC(N(C)C(=O)C2(N)CCOCC2)C1. The maximum atomic E-state index is 12.6.